The van der Waals surface area contributed by atoms with E-state index in [1.165, 1.54) is 0 Å². The summed E-state index contributed by atoms with van der Waals surface area (Å²) in [5.41, 5.74) is 2.99. The average molecular weight is 510 g/mol. The SMILES string of the molecule is Cc1ccc(C(C(=O)NCc2ccccc2)N(C(=O)C(NC(=O)OC(C)(C)C)C(C)C)C(C)C)c(C)c1. The van der Waals surface area contributed by atoms with E-state index < -0.39 is 23.8 Å². The van der Waals surface area contributed by atoms with Crippen LogP contribution in [0.2, 0.25) is 0 Å². The third kappa shape index (κ3) is 8.62. The first-order valence-corrected chi connectivity index (χ1v) is 12.9. The molecule has 7 nitrogen and oxygen atoms in total. The summed E-state index contributed by atoms with van der Waals surface area (Å²) in [7, 11) is 0. The highest BCUT2D eigenvalue weighted by atomic mass is 16.6. The molecule has 0 spiro atoms. The lowest BCUT2D eigenvalue weighted by Gasteiger charge is -2.38. The van der Waals surface area contributed by atoms with Crippen molar-refractivity contribution in [2.24, 2.45) is 5.92 Å². The third-order valence-corrected chi connectivity index (χ3v) is 5.97. The Balaban J connectivity index is 2.48. The van der Waals surface area contributed by atoms with Gasteiger partial charge in [-0.05, 0) is 71.1 Å². The maximum atomic E-state index is 14.1. The number of aryl methyl sites for hydroxylation is 2. The zero-order valence-electron chi connectivity index (χ0n) is 23.7. The van der Waals surface area contributed by atoms with Gasteiger partial charge in [0.05, 0.1) is 0 Å². The Morgan fingerprint density at radius 2 is 1.57 bits per heavy atom. The van der Waals surface area contributed by atoms with E-state index in [2.05, 4.69) is 10.6 Å². The lowest BCUT2D eigenvalue weighted by atomic mass is 9.94. The normalized spacial score (nSPS) is 13.2. The maximum Gasteiger partial charge on any atom is 0.408 e. The van der Waals surface area contributed by atoms with Crippen LogP contribution in [0, 0.1) is 19.8 Å². The van der Waals surface area contributed by atoms with Crippen molar-refractivity contribution in [2.75, 3.05) is 0 Å². The number of rotatable bonds is 9. The Labute approximate surface area is 222 Å². The molecule has 2 unspecified atom stereocenters. The Bertz CT molecular complexity index is 1070. The zero-order chi connectivity index (χ0) is 27.9. The summed E-state index contributed by atoms with van der Waals surface area (Å²) in [6.45, 7) is 17.1. The van der Waals surface area contributed by atoms with Crippen LogP contribution >= 0.6 is 0 Å². The van der Waals surface area contributed by atoms with Gasteiger partial charge in [0.2, 0.25) is 11.8 Å². The number of alkyl carbamates (subject to hydrolysis) is 1. The topological polar surface area (TPSA) is 87.7 Å². The van der Waals surface area contributed by atoms with Crippen LogP contribution in [0.5, 0.6) is 0 Å². The predicted molar refractivity (Wildman–Crippen MR) is 147 cm³/mol. The quantitative estimate of drug-likeness (QED) is 0.471. The highest BCUT2D eigenvalue weighted by Crippen LogP contribution is 2.29. The van der Waals surface area contributed by atoms with Crippen molar-refractivity contribution in [2.45, 2.75) is 92.6 Å². The molecule has 0 saturated carbocycles. The van der Waals surface area contributed by atoms with E-state index in [-0.39, 0.29) is 23.8 Å². The Hall–Kier alpha value is -3.35. The number of hydrogen-bond acceptors (Lipinski definition) is 4. The molecule has 0 heterocycles. The smallest absolute Gasteiger partial charge is 0.408 e. The van der Waals surface area contributed by atoms with Gasteiger partial charge in [0.15, 0.2) is 0 Å². The van der Waals surface area contributed by atoms with Crippen molar-refractivity contribution in [3.63, 3.8) is 0 Å². The second-order valence-electron chi connectivity index (χ2n) is 11.2. The lowest BCUT2D eigenvalue weighted by molar-refractivity contribution is -0.145. The first-order chi connectivity index (χ1) is 17.2. The van der Waals surface area contributed by atoms with Crippen LogP contribution in [0.15, 0.2) is 48.5 Å². The van der Waals surface area contributed by atoms with E-state index in [4.69, 9.17) is 4.74 Å². The zero-order valence-corrected chi connectivity index (χ0v) is 23.7. The van der Waals surface area contributed by atoms with Gasteiger partial charge in [-0.1, -0.05) is 67.9 Å². The largest absolute Gasteiger partial charge is 0.444 e. The number of benzene rings is 2. The standard InChI is InChI=1S/C30H43N3O4/c1-19(2)25(32-29(36)37-30(7,8)9)28(35)33(20(3)4)26(24-16-15-21(5)17-22(24)6)27(34)31-18-23-13-11-10-12-14-23/h10-17,19-20,25-26H,18H2,1-9H3,(H,31,34)(H,32,36). The molecule has 0 fully saturated rings. The minimum atomic E-state index is -0.876. The van der Waals surface area contributed by atoms with Gasteiger partial charge in [0, 0.05) is 12.6 Å². The van der Waals surface area contributed by atoms with E-state index in [9.17, 15) is 14.4 Å². The van der Waals surface area contributed by atoms with Crippen molar-refractivity contribution >= 4 is 17.9 Å². The molecule has 0 aromatic heterocycles. The lowest BCUT2D eigenvalue weighted by Crippen LogP contribution is -2.56. The molecular weight excluding hydrogens is 466 g/mol. The molecule has 2 aromatic rings. The number of nitrogens with zero attached hydrogens (tertiary/aromatic N) is 1. The average Bonchev–Trinajstić information content (AvgIpc) is 2.78. The first-order valence-electron chi connectivity index (χ1n) is 12.9. The molecule has 7 heteroatoms. The summed E-state index contributed by atoms with van der Waals surface area (Å²) in [5.74, 6) is -0.846. The van der Waals surface area contributed by atoms with Crippen LogP contribution in [-0.4, -0.2) is 40.5 Å². The van der Waals surface area contributed by atoms with Crippen LogP contribution < -0.4 is 10.6 Å². The van der Waals surface area contributed by atoms with E-state index in [1.807, 2.05) is 90.1 Å². The van der Waals surface area contributed by atoms with Crippen molar-refractivity contribution in [1.29, 1.82) is 0 Å². The summed E-state index contributed by atoms with van der Waals surface area (Å²) in [6, 6.07) is 13.4. The molecule has 2 aromatic carbocycles. The summed E-state index contributed by atoms with van der Waals surface area (Å²) in [4.78, 5) is 42.1. The van der Waals surface area contributed by atoms with Crippen LogP contribution in [0.25, 0.3) is 0 Å². The first kappa shape index (κ1) is 29.9. The third-order valence-electron chi connectivity index (χ3n) is 5.97. The fraction of sp³-hybridized carbons (Fsp3) is 0.500. The summed E-state index contributed by atoms with van der Waals surface area (Å²) in [5, 5.41) is 5.78. The minimum Gasteiger partial charge on any atom is -0.444 e. The second-order valence-corrected chi connectivity index (χ2v) is 11.2. The molecular formula is C30H43N3O4. The molecule has 0 bridgehead atoms. The van der Waals surface area contributed by atoms with Gasteiger partial charge in [0.1, 0.15) is 17.7 Å². The molecule has 2 rings (SSSR count). The second kappa shape index (κ2) is 12.7. The fourth-order valence-electron chi connectivity index (χ4n) is 4.22. The molecule has 3 amide bonds. The van der Waals surface area contributed by atoms with Crippen LogP contribution in [0.4, 0.5) is 4.79 Å². The van der Waals surface area contributed by atoms with Crippen LogP contribution in [0.3, 0.4) is 0 Å². The van der Waals surface area contributed by atoms with Gasteiger partial charge >= 0.3 is 6.09 Å². The number of hydrogen-bond donors (Lipinski definition) is 2. The van der Waals surface area contributed by atoms with Gasteiger partial charge < -0.3 is 20.3 Å². The predicted octanol–water partition coefficient (Wildman–Crippen LogP) is 5.45. The van der Waals surface area contributed by atoms with Gasteiger partial charge in [-0.25, -0.2) is 4.79 Å². The molecule has 0 aliphatic carbocycles. The van der Waals surface area contributed by atoms with E-state index in [0.29, 0.717) is 6.54 Å². The summed E-state index contributed by atoms with van der Waals surface area (Å²) in [6.07, 6.45) is -0.667. The molecule has 0 aliphatic heterocycles. The molecule has 2 N–H and O–H groups in total. The molecule has 202 valence electrons. The number of carbonyl (C=O) groups excluding carboxylic acids is 3. The van der Waals surface area contributed by atoms with Crippen LogP contribution in [-0.2, 0) is 20.9 Å². The molecule has 37 heavy (non-hydrogen) atoms. The van der Waals surface area contributed by atoms with Crippen LogP contribution in [0.1, 0.15) is 76.8 Å². The van der Waals surface area contributed by atoms with E-state index >= 15 is 0 Å². The summed E-state index contributed by atoms with van der Waals surface area (Å²) < 4.78 is 5.42. The van der Waals surface area contributed by atoms with Gasteiger partial charge in [0.25, 0.3) is 0 Å². The minimum absolute atomic E-state index is 0.228. The fourth-order valence-corrected chi connectivity index (χ4v) is 4.22. The monoisotopic (exact) mass is 509 g/mol. The number of carbonyl (C=O) groups is 3. The highest BCUT2D eigenvalue weighted by Gasteiger charge is 2.39. The van der Waals surface area contributed by atoms with E-state index in [1.54, 1.807) is 25.7 Å². The van der Waals surface area contributed by atoms with Gasteiger partial charge in [-0.3, -0.25) is 9.59 Å². The Morgan fingerprint density at radius 3 is 2.08 bits per heavy atom. The molecule has 0 saturated heterocycles. The summed E-state index contributed by atoms with van der Waals surface area (Å²) >= 11 is 0. The number of amides is 3. The molecule has 2 atom stereocenters. The van der Waals surface area contributed by atoms with E-state index in [0.717, 1.165) is 22.3 Å². The Kier molecular flexibility index (Phi) is 10.3. The Morgan fingerprint density at radius 1 is 0.946 bits per heavy atom. The van der Waals surface area contributed by atoms with Crippen molar-refractivity contribution in [3.05, 3.63) is 70.8 Å². The van der Waals surface area contributed by atoms with Crippen molar-refractivity contribution < 1.29 is 19.1 Å². The van der Waals surface area contributed by atoms with Crippen molar-refractivity contribution in [1.82, 2.24) is 15.5 Å². The van der Waals surface area contributed by atoms with Gasteiger partial charge in [-0.2, -0.15) is 0 Å². The maximum absolute atomic E-state index is 14.1. The highest BCUT2D eigenvalue weighted by molar-refractivity contribution is 5.92. The molecule has 0 aliphatic rings. The van der Waals surface area contributed by atoms with Crippen molar-refractivity contribution in [3.8, 4) is 0 Å². The van der Waals surface area contributed by atoms with Gasteiger partial charge in [-0.15, -0.1) is 0 Å². The number of ether oxygens (including phenoxy) is 1. The number of nitrogens with one attached hydrogen (secondary N) is 2. The molecule has 0 radical (unpaired) electrons.